The summed E-state index contributed by atoms with van der Waals surface area (Å²) in [5.41, 5.74) is 6.47. The third-order valence-corrected chi connectivity index (χ3v) is 3.52. The van der Waals surface area contributed by atoms with Gasteiger partial charge in [-0.3, -0.25) is 0 Å². The number of nitrogens with zero attached hydrogens (tertiary/aromatic N) is 3. The van der Waals surface area contributed by atoms with Crippen LogP contribution in [0.25, 0.3) is 10.2 Å². The molecule has 0 aliphatic carbocycles. The maximum absolute atomic E-state index is 5.47. The number of hydrogen-bond donors (Lipinski definition) is 2. The first kappa shape index (κ1) is 13.0. The molecule has 5 nitrogen and oxygen atoms in total. The summed E-state index contributed by atoms with van der Waals surface area (Å²) >= 11 is 1.67. The third kappa shape index (κ3) is 2.88. The van der Waals surface area contributed by atoms with E-state index in [-0.39, 0.29) is 0 Å². The summed E-state index contributed by atoms with van der Waals surface area (Å²) in [6.45, 7) is 1.59. The highest BCUT2D eigenvalue weighted by Crippen LogP contribution is 2.28. The van der Waals surface area contributed by atoms with Crippen molar-refractivity contribution in [2.45, 2.75) is 12.8 Å². The van der Waals surface area contributed by atoms with Crippen molar-refractivity contribution in [2.24, 2.45) is 5.73 Å². The Morgan fingerprint density at radius 3 is 2.89 bits per heavy atom. The fraction of sp³-hybridized carbons (Fsp3) is 0.500. The number of hydrogen-bond acceptors (Lipinski definition) is 6. The van der Waals surface area contributed by atoms with E-state index in [4.69, 9.17) is 5.73 Å². The van der Waals surface area contributed by atoms with E-state index in [2.05, 4.69) is 15.3 Å². The Labute approximate surface area is 111 Å². The molecule has 0 saturated carbocycles. The minimum absolute atomic E-state index is 0.696. The molecule has 0 aliphatic rings. The van der Waals surface area contributed by atoms with Crippen LogP contribution < -0.4 is 16.0 Å². The molecule has 0 spiro atoms. The molecule has 0 bridgehead atoms. The summed E-state index contributed by atoms with van der Waals surface area (Å²) < 4.78 is 1.13. The van der Waals surface area contributed by atoms with E-state index in [9.17, 15) is 0 Å². The normalized spacial score (nSPS) is 10.8. The van der Waals surface area contributed by atoms with Crippen molar-refractivity contribution in [3.63, 3.8) is 0 Å². The smallest absolute Gasteiger partial charge is 0.225 e. The fourth-order valence-electron chi connectivity index (χ4n) is 1.70. The number of rotatable bonds is 6. The highest BCUT2D eigenvalue weighted by Gasteiger charge is 2.10. The number of thiophene rings is 1. The molecule has 2 rings (SSSR count). The molecule has 3 N–H and O–H groups in total. The summed E-state index contributed by atoms with van der Waals surface area (Å²) in [6.07, 6.45) is 2.06. The molecule has 2 heterocycles. The lowest BCUT2D eigenvalue weighted by Gasteiger charge is -2.13. The Morgan fingerprint density at radius 1 is 1.33 bits per heavy atom. The molecule has 0 aromatic carbocycles. The molecular weight excluding hydrogens is 246 g/mol. The maximum Gasteiger partial charge on any atom is 0.225 e. The van der Waals surface area contributed by atoms with Gasteiger partial charge in [0.25, 0.3) is 0 Å². The first-order chi connectivity index (χ1) is 8.72. The van der Waals surface area contributed by atoms with Crippen LogP contribution in [-0.2, 0) is 0 Å². The maximum atomic E-state index is 5.47. The molecule has 0 fully saturated rings. The van der Waals surface area contributed by atoms with Crippen LogP contribution in [-0.4, -0.2) is 37.2 Å². The Hall–Kier alpha value is -1.40. The fourth-order valence-corrected chi connectivity index (χ4v) is 2.60. The second-order valence-corrected chi connectivity index (χ2v) is 5.24. The van der Waals surface area contributed by atoms with Gasteiger partial charge in [0.1, 0.15) is 0 Å². The average molecular weight is 265 g/mol. The predicted molar refractivity (Wildman–Crippen MR) is 78.5 cm³/mol. The highest BCUT2D eigenvalue weighted by atomic mass is 32.1. The molecule has 18 heavy (non-hydrogen) atoms. The molecule has 6 heteroatoms. The van der Waals surface area contributed by atoms with E-state index in [1.165, 1.54) is 0 Å². The Bertz CT molecular complexity index is 508. The monoisotopic (exact) mass is 265 g/mol. The van der Waals surface area contributed by atoms with Crippen molar-refractivity contribution >= 4 is 33.3 Å². The summed E-state index contributed by atoms with van der Waals surface area (Å²) in [5.74, 6) is 1.66. The van der Waals surface area contributed by atoms with E-state index < -0.39 is 0 Å². The molecule has 0 radical (unpaired) electrons. The summed E-state index contributed by atoms with van der Waals surface area (Å²) in [4.78, 5) is 11.1. The number of nitrogens with one attached hydrogen (secondary N) is 1. The van der Waals surface area contributed by atoms with Gasteiger partial charge in [0.2, 0.25) is 5.95 Å². The standard InChI is InChI=1S/C12H19N5S/c1-17(2)11-10-9(5-8-18-10)15-12(16-11)14-7-4-3-6-13/h5,8H,3-4,6-7,13H2,1-2H3,(H,14,15,16). The van der Waals surface area contributed by atoms with Gasteiger partial charge >= 0.3 is 0 Å². The van der Waals surface area contributed by atoms with Crippen LogP contribution in [0.5, 0.6) is 0 Å². The molecule has 0 aliphatic heterocycles. The molecule has 0 amide bonds. The lowest BCUT2D eigenvalue weighted by atomic mass is 10.3. The van der Waals surface area contributed by atoms with Crippen molar-refractivity contribution in [1.29, 1.82) is 0 Å². The van der Waals surface area contributed by atoms with Gasteiger partial charge in [0, 0.05) is 20.6 Å². The van der Waals surface area contributed by atoms with Crippen LogP contribution in [0.2, 0.25) is 0 Å². The molecule has 2 aromatic heterocycles. The molecule has 2 aromatic rings. The van der Waals surface area contributed by atoms with Crippen LogP contribution in [0.1, 0.15) is 12.8 Å². The van der Waals surface area contributed by atoms with Crippen molar-refractivity contribution in [3.05, 3.63) is 11.4 Å². The summed E-state index contributed by atoms with van der Waals surface area (Å²) in [7, 11) is 4.00. The van der Waals surface area contributed by atoms with Crippen molar-refractivity contribution in [2.75, 3.05) is 37.4 Å². The zero-order valence-electron chi connectivity index (χ0n) is 10.8. The minimum atomic E-state index is 0.696. The van der Waals surface area contributed by atoms with Gasteiger partial charge in [-0.25, -0.2) is 4.98 Å². The SMILES string of the molecule is CN(C)c1nc(NCCCCN)nc2ccsc12. The Morgan fingerprint density at radius 2 is 2.17 bits per heavy atom. The number of unbranched alkanes of at least 4 members (excludes halogenated alkanes) is 1. The van der Waals surface area contributed by atoms with Crippen LogP contribution in [0.4, 0.5) is 11.8 Å². The van der Waals surface area contributed by atoms with Gasteiger partial charge < -0.3 is 16.0 Å². The highest BCUT2D eigenvalue weighted by molar-refractivity contribution is 7.17. The lowest BCUT2D eigenvalue weighted by Crippen LogP contribution is -2.14. The van der Waals surface area contributed by atoms with Gasteiger partial charge in [-0.1, -0.05) is 0 Å². The predicted octanol–water partition coefficient (Wildman–Crippen LogP) is 1.91. The number of aromatic nitrogens is 2. The molecule has 98 valence electrons. The lowest BCUT2D eigenvalue weighted by molar-refractivity contribution is 0.770. The second-order valence-electron chi connectivity index (χ2n) is 4.32. The third-order valence-electron chi connectivity index (χ3n) is 2.62. The van der Waals surface area contributed by atoms with Crippen LogP contribution in [0, 0.1) is 0 Å². The number of nitrogens with two attached hydrogens (primary N) is 1. The van der Waals surface area contributed by atoms with Crippen LogP contribution in [0.15, 0.2) is 11.4 Å². The second kappa shape index (κ2) is 5.97. The van der Waals surface area contributed by atoms with Crippen LogP contribution in [0.3, 0.4) is 0 Å². The van der Waals surface area contributed by atoms with Crippen LogP contribution >= 0.6 is 11.3 Å². The van der Waals surface area contributed by atoms with Gasteiger partial charge in [-0.15, -0.1) is 11.3 Å². The summed E-state index contributed by atoms with van der Waals surface area (Å²) in [5, 5.41) is 5.30. The average Bonchev–Trinajstić information content (AvgIpc) is 2.81. The topological polar surface area (TPSA) is 67.1 Å². The largest absolute Gasteiger partial charge is 0.361 e. The van der Waals surface area contributed by atoms with E-state index in [0.29, 0.717) is 5.95 Å². The molecular formula is C12H19N5S. The van der Waals surface area contributed by atoms with Gasteiger partial charge in [0.15, 0.2) is 5.82 Å². The number of anilines is 2. The van der Waals surface area contributed by atoms with Gasteiger partial charge in [-0.2, -0.15) is 4.98 Å². The van der Waals surface area contributed by atoms with E-state index in [1.54, 1.807) is 11.3 Å². The molecule has 0 saturated heterocycles. The first-order valence-corrected chi connectivity index (χ1v) is 6.97. The van der Waals surface area contributed by atoms with E-state index >= 15 is 0 Å². The van der Waals surface area contributed by atoms with Crippen molar-refractivity contribution in [3.8, 4) is 0 Å². The van der Waals surface area contributed by atoms with E-state index in [1.807, 2.05) is 30.4 Å². The minimum Gasteiger partial charge on any atom is -0.361 e. The van der Waals surface area contributed by atoms with Crippen molar-refractivity contribution < 1.29 is 0 Å². The Kier molecular flexibility index (Phi) is 4.33. The quantitative estimate of drug-likeness (QED) is 0.781. The molecule has 0 unspecified atom stereocenters. The zero-order chi connectivity index (χ0) is 13.0. The van der Waals surface area contributed by atoms with E-state index in [0.717, 1.165) is 42.0 Å². The molecule has 0 atom stereocenters. The van der Waals surface area contributed by atoms with Gasteiger partial charge in [0.05, 0.1) is 10.2 Å². The summed E-state index contributed by atoms with van der Waals surface area (Å²) in [6, 6.07) is 2.03. The van der Waals surface area contributed by atoms with Crippen molar-refractivity contribution in [1.82, 2.24) is 9.97 Å². The number of fused-ring (bicyclic) bond motifs is 1. The first-order valence-electron chi connectivity index (χ1n) is 6.09. The Balaban J connectivity index is 2.18. The van der Waals surface area contributed by atoms with Gasteiger partial charge in [-0.05, 0) is 30.8 Å². The zero-order valence-corrected chi connectivity index (χ0v) is 11.6.